The Kier molecular flexibility index (Phi) is 5.21. The second kappa shape index (κ2) is 8.65. The maximum atomic E-state index is 5.97. The molecule has 3 aromatic carbocycles. The molecule has 4 nitrogen and oxygen atoms in total. The van der Waals surface area contributed by atoms with Crippen molar-refractivity contribution >= 4 is 44.9 Å². The highest BCUT2D eigenvalue weighted by Crippen LogP contribution is 2.38. The minimum Gasteiger partial charge on any atom is -0.383 e. The Morgan fingerprint density at radius 2 is 1.74 bits per heavy atom. The van der Waals surface area contributed by atoms with E-state index >= 15 is 0 Å². The number of nitrogens with zero attached hydrogens (tertiary/aromatic N) is 3. The first kappa shape index (κ1) is 20.5. The zero-order valence-electron chi connectivity index (χ0n) is 18.2. The van der Waals surface area contributed by atoms with Crippen LogP contribution in [0.1, 0.15) is 17.8 Å². The molecule has 1 aliphatic carbocycles. The van der Waals surface area contributed by atoms with Crippen molar-refractivity contribution in [3.05, 3.63) is 121 Å². The number of pyridine rings is 1. The van der Waals surface area contributed by atoms with E-state index < -0.39 is 0 Å². The summed E-state index contributed by atoms with van der Waals surface area (Å²) in [5.74, 6) is 1.45. The molecule has 1 aliphatic rings. The Morgan fingerprint density at radius 3 is 2.62 bits per heavy atom. The SMILES string of the molecule is ClOc1c(C2=CC(c3nc4ccccc4n3-c3ccccc3)=CC=CC2)ccc2cccnc12. The first-order chi connectivity index (χ1) is 16.8. The Bertz CT molecular complexity index is 1610. The van der Waals surface area contributed by atoms with Gasteiger partial charge in [-0.15, -0.1) is 0 Å². The molecular weight excluding hydrogens is 442 g/mol. The predicted octanol–water partition coefficient (Wildman–Crippen LogP) is 7.53. The van der Waals surface area contributed by atoms with Crippen molar-refractivity contribution in [1.29, 1.82) is 0 Å². The number of rotatable bonds is 4. The lowest BCUT2D eigenvalue weighted by molar-refractivity contribution is 0.622. The van der Waals surface area contributed by atoms with Crippen LogP contribution in [0.15, 0.2) is 109 Å². The molecule has 5 heteroatoms. The van der Waals surface area contributed by atoms with E-state index in [4.69, 9.17) is 21.1 Å². The number of allylic oxidation sites excluding steroid dienone is 6. The van der Waals surface area contributed by atoms with Crippen LogP contribution in [0.3, 0.4) is 0 Å². The molecule has 0 bridgehead atoms. The van der Waals surface area contributed by atoms with Gasteiger partial charge in [0, 0.05) is 28.4 Å². The summed E-state index contributed by atoms with van der Waals surface area (Å²) in [6.45, 7) is 0. The molecule has 34 heavy (non-hydrogen) atoms. The first-order valence-electron chi connectivity index (χ1n) is 11.1. The number of benzene rings is 3. The van der Waals surface area contributed by atoms with Crippen LogP contribution < -0.4 is 4.29 Å². The van der Waals surface area contributed by atoms with Gasteiger partial charge in [0.2, 0.25) is 0 Å². The van der Waals surface area contributed by atoms with Crippen LogP contribution in [0.25, 0.3) is 38.8 Å². The molecule has 0 fully saturated rings. The van der Waals surface area contributed by atoms with Crippen molar-refractivity contribution in [3.63, 3.8) is 0 Å². The van der Waals surface area contributed by atoms with Gasteiger partial charge < -0.3 is 4.29 Å². The molecule has 6 rings (SSSR count). The van der Waals surface area contributed by atoms with Crippen LogP contribution in [-0.4, -0.2) is 14.5 Å². The number of aromatic nitrogens is 3. The molecular formula is C29H20ClN3O. The predicted molar refractivity (Wildman–Crippen MR) is 139 cm³/mol. The zero-order valence-corrected chi connectivity index (χ0v) is 19.0. The lowest BCUT2D eigenvalue weighted by Gasteiger charge is -2.13. The molecule has 0 saturated heterocycles. The Morgan fingerprint density at radius 1 is 0.882 bits per heavy atom. The van der Waals surface area contributed by atoms with Crippen molar-refractivity contribution in [3.8, 4) is 11.4 Å². The van der Waals surface area contributed by atoms with Gasteiger partial charge in [0.25, 0.3) is 0 Å². The van der Waals surface area contributed by atoms with Crippen LogP contribution in [0.5, 0.6) is 5.75 Å². The van der Waals surface area contributed by atoms with Crippen molar-refractivity contribution < 1.29 is 4.29 Å². The number of imidazole rings is 1. The van der Waals surface area contributed by atoms with E-state index in [1.807, 2.05) is 54.6 Å². The lowest BCUT2D eigenvalue weighted by Crippen LogP contribution is -2.00. The fraction of sp³-hybridized carbons (Fsp3) is 0.0345. The van der Waals surface area contributed by atoms with Gasteiger partial charge in [0.1, 0.15) is 23.2 Å². The summed E-state index contributed by atoms with van der Waals surface area (Å²) >= 11 is 5.97. The van der Waals surface area contributed by atoms with Crippen LogP contribution in [0.2, 0.25) is 0 Å². The molecule has 164 valence electrons. The minimum absolute atomic E-state index is 0.567. The zero-order chi connectivity index (χ0) is 22.9. The number of hydrogen-bond acceptors (Lipinski definition) is 3. The van der Waals surface area contributed by atoms with E-state index in [2.05, 4.69) is 58.1 Å². The van der Waals surface area contributed by atoms with Gasteiger partial charge in [-0.3, -0.25) is 9.55 Å². The summed E-state index contributed by atoms with van der Waals surface area (Å²) in [5.41, 5.74) is 6.82. The van der Waals surface area contributed by atoms with E-state index in [1.54, 1.807) is 6.20 Å². The van der Waals surface area contributed by atoms with E-state index in [0.717, 1.165) is 56.6 Å². The highest BCUT2D eigenvalue weighted by atomic mass is 35.5. The molecule has 0 spiro atoms. The molecule has 5 aromatic rings. The fourth-order valence-electron chi connectivity index (χ4n) is 4.50. The second-order valence-electron chi connectivity index (χ2n) is 8.11. The third kappa shape index (κ3) is 3.49. The molecule has 0 saturated carbocycles. The minimum atomic E-state index is 0.567. The highest BCUT2D eigenvalue weighted by Gasteiger charge is 2.19. The standard InChI is InChI=1S/C29H20ClN3O/c30-34-28-24(17-16-20-11-8-18-31-27(20)28)21-9-4-5-10-22(19-21)29-32-25-14-6-7-15-26(25)33(29)23-12-2-1-3-13-23/h1-8,10-19H,9H2. The summed E-state index contributed by atoms with van der Waals surface area (Å²) in [7, 11) is 0. The number of halogens is 1. The molecule has 0 amide bonds. The van der Waals surface area contributed by atoms with Crippen molar-refractivity contribution in [2.75, 3.05) is 0 Å². The summed E-state index contributed by atoms with van der Waals surface area (Å²) in [6.07, 6.45) is 11.0. The quantitative estimate of drug-likeness (QED) is 0.277. The van der Waals surface area contributed by atoms with Crippen molar-refractivity contribution in [2.24, 2.45) is 0 Å². The second-order valence-corrected chi connectivity index (χ2v) is 8.27. The molecule has 0 radical (unpaired) electrons. The highest BCUT2D eigenvalue weighted by molar-refractivity contribution is 6.11. The van der Waals surface area contributed by atoms with Crippen LogP contribution in [0.4, 0.5) is 0 Å². The average Bonchev–Trinajstić information content (AvgIpc) is 3.11. The average molecular weight is 462 g/mol. The molecule has 2 aromatic heterocycles. The summed E-state index contributed by atoms with van der Waals surface area (Å²) in [5, 5.41) is 0.980. The Labute approximate surface area is 202 Å². The fourth-order valence-corrected chi connectivity index (χ4v) is 4.65. The molecule has 0 atom stereocenters. The normalized spacial score (nSPS) is 13.6. The topological polar surface area (TPSA) is 39.9 Å². The maximum Gasteiger partial charge on any atom is 0.180 e. The molecule has 0 unspecified atom stereocenters. The van der Waals surface area contributed by atoms with E-state index in [1.165, 1.54) is 0 Å². The van der Waals surface area contributed by atoms with E-state index in [-0.39, 0.29) is 0 Å². The van der Waals surface area contributed by atoms with Gasteiger partial charge in [0.15, 0.2) is 5.75 Å². The Balaban J connectivity index is 1.56. The summed E-state index contributed by atoms with van der Waals surface area (Å²) < 4.78 is 7.54. The van der Waals surface area contributed by atoms with Crippen LogP contribution >= 0.6 is 11.9 Å². The maximum absolute atomic E-state index is 5.97. The van der Waals surface area contributed by atoms with Crippen molar-refractivity contribution in [2.45, 2.75) is 6.42 Å². The number of fused-ring (bicyclic) bond motifs is 2. The lowest BCUT2D eigenvalue weighted by atomic mass is 9.98. The van der Waals surface area contributed by atoms with Gasteiger partial charge in [-0.1, -0.05) is 66.8 Å². The van der Waals surface area contributed by atoms with E-state index in [9.17, 15) is 0 Å². The Hall–Kier alpha value is -4.15. The summed E-state index contributed by atoms with van der Waals surface area (Å²) in [4.78, 5) is 9.53. The van der Waals surface area contributed by atoms with Crippen LogP contribution in [0, 0.1) is 0 Å². The van der Waals surface area contributed by atoms with Gasteiger partial charge in [0.05, 0.1) is 11.0 Å². The largest absolute Gasteiger partial charge is 0.383 e. The van der Waals surface area contributed by atoms with Crippen molar-refractivity contribution in [1.82, 2.24) is 14.5 Å². The first-order valence-corrected chi connectivity index (χ1v) is 11.4. The summed E-state index contributed by atoms with van der Waals surface area (Å²) in [6, 6.07) is 26.5. The third-order valence-electron chi connectivity index (χ3n) is 6.06. The van der Waals surface area contributed by atoms with Gasteiger partial charge in [-0.2, -0.15) is 0 Å². The van der Waals surface area contributed by atoms with Gasteiger partial charge in [-0.05, 0) is 48.4 Å². The molecule has 0 N–H and O–H groups in total. The van der Waals surface area contributed by atoms with Gasteiger partial charge >= 0.3 is 0 Å². The number of hydrogen-bond donors (Lipinski definition) is 0. The number of para-hydroxylation sites is 3. The monoisotopic (exact) mass is 461 g/mol. The van der Waals surface area contributed by atoms with Gasteiger partial charge in [-0.25, -0.2) is 4.98 Å². The molecule has 2 heterocycles. The smallest absolute Gasteiger partial charge is 0.180 e. The van der Waals surface area contributed by atoms with E-state index in [0.29, 0.717) is 5.75 Å². The third-order valence-corrected chi connectivity index (χ3v) is 6.22. The van der Waals surface area contributed by atoms with Crippen LogP contribution in [-0.2, 0) is 0 Å². The molecule has 0 aliphatic heterocycles.